The van der Waals surface area contributed by atoms with Gasteiger partial charge in [0.15, 0.2) is 12.1 Å². The Morgan fingerprint density at radius 3 is 2.59 bits per heavy atom. The summed E-state index contributed by atoms with van der Waals surface area (Å²) in [6, 6.07) is 2.15. The van der Waals surface area contributed by atoms with E-state index in [9.17, 15) is 9.59 Å². The molecule has 6 heteroatoms. The molecule has 180 valence electrons. The monoisotopic (exact) mass is 447 g/mol. The topological polar surface area (TPSA) is 85.6 Å². The highest BCUT2D eigenvalue weighted by molar-refractivity contribution is 5.89. The normalized spacial score (nSPS) is 25.6. The van der Waals surface area contributed by atoms with Gasteiger partial charge in [0.1, 0.15) is 0 Å². The van der Waals surface area contributed by atoms with Crippen molar-refractivity contribution in [3.63, 3.8) is 0 Å². The zero-order valence-corrected chi connectivity index (χ0v) is 19.8. The summed E-state index contributed by atoms with van der Waals surface area (Å²) in [6.07, 6.45) is 17.4. The van der Waals surface area contributed by atoms with Crippen molar-refractivity contribution >= 4 is 11.8 Å². The van der Waals surface area contributed by atoms with Gasteiger partial charge in [-0.25, -0.2) is 0 Å². The molecule has 0 spiro atoms. The Bertz CT molecular complexity index is 620. The standard InChI is InChI=1S/C26H41NO5/c1-30-25(29)13-7-4-6-12-23-21(15-17-22(28)11-5-2-3-9-19-27)16-18-24(23)32-26-14-8-10-20-31-26/h15,17,21,23-24,26H,2-14,16,18,20H2,1H3. The molecule has 1 aliphatic carbocycles. The molecule has 0 aromatic carbocycles. The van der Waals surface area contributed by atoms with E-state index in [4.69, 9.17) is 19.5 Å². The molecule has 1 heterocycles. The Morgan fingerprint density at radius 2 is 1.84 bits per heavy atom. The predicted octanol–water partition coefficient (Wildman–Crippen LogP) is 5.65. The van der Waals surface area contributed by atoms with E-state index in [0.717, 1.165) is 83.7 Å². The lowest BCUT2D eigenvalue weighted by Gasteiger charge is -2.30. The first-order chi connectivity index (χ1) is 15.6. The van der Waals surface area contributed by atoms with Crippen LogP contribution in [0.1, 0.15) is 96.3 Å². The third-order valence-corrected chi connectivity index (χ3v) is 6.66. The number of esters is 1. The molecule has 2 fully saturated rings. The molecule has 0 N–H and O–H groups in total. The Kier molecular flexibility index (Phi) is 13.3. The molecule has 4 unspecified atom stereocenters. The first-order valence-corrected chi connectivity index (χ1v) is 12.6. The molecule has 2 rings (SSSR count). The van der Waals surface area contributed by atoms with Crippen molar-refractivity contribution in [2.45, 2.75) is 109 Å². The van der Waals surface area contributed by atoms with Crippen LogP contribution >= 0.6 is 0 Å². The fraction of sp³-hybridized carbons (Fsp3) is 0.808. The number of nitriles is 1. The first kappa shape index (κ1) is 26.5. The van der Waals surface area contributed by atoms with Crippen molar-refractivity contribution in [3.05, 3.63) is 12.2 Å². The Hall–Kier alpha value is -1.71. The van der Waals surface area contributed by atoms with E-state index in [1.54, 1.807) is 6.08 Å². The fourth-order valence-electron chi connectivity index (χ4n) is 4.80. The largest absolute Gasteiger partial charge is 0.469 e. The van der Waals surface area contributed by atoms with Crippen LogP contribution in [-0.2, 0) is 23.8 Å². The number of ether oxygens (including phenoxy) is 3. The van der Waals surface area contributed by atoms with E-state index in [2.05, 4.69) is 12.1 Å². The summed E-state index contributed by atoms with van der Waals surface area (Å²) >= 11 is 0. The van der Waals surface area contributed by atoms with Gasteiger partial charge in [-0.05, 0) is 75.7 Å². The van der Waals surface area contributed by atoms with E-state index < -0.39 is 0 Å². The van der Waals surface area contributed by atoms with Gasteiger partial charge in [-0.1, -0.05) is 25.3 Å². The minimum Gasteiger partial charge on any atom is -0.469 e. The van der Waals surface area contributed by atoms with Crippen LogP contribution in [0.25, 0.3) is 0 Å². The second-order valence-corrected chi connectivity index (χ2v) is 9.10. The third-order valence-electron chi connectivity index (χ3n) is 6.66. The van der Waals surface area contributed by atoms with Crippen molar-refractivity contribution in [2.24, 2.45) is 11.8 Å². The van der Waals surface area contributed by atoms with Gasteiger partial charge in [-0.2, -0.15) is 5.26 Å². The van der Waals surface area contributed by atoms with Gasteiger partial charge in [-0.3, -0.25) is 9.59 Å². The maximum absolute atomic E-state index is 12.3. The predicted molar refractivity (Wildman–Crippen MR) is 123 cm³/mol. The highest BCUT2D eigenvalue weighted by Crippen LogP contribution is 2.40. The number of hydrogen-bond donors (Lipinski definition) is 0. The minimum atomic E-state index is -0.145. The molecule has 2 aliphatic rings. The summed E-state index contributed by atoms with van der Waals surface area (Å²) in [5.41, 5.74) is 0. The molecule has 0 bridgehead atoms. The maximum atomic E-state index is 12.3. The Labute approximate surface area is 193 Å². The van der Waals surface area contributed by atoms with Crippen molar-refractivity contribution in [2.75, 3.05) is 13.7 Å². The third kappa shape index (κ3) is 10.3. The van der Waals surface area contributed by atoms with Gasteiger partial charge in [0.2, 0.25) is 0 Å². The quantitative estimate of drug-likeness (QED) is 0.183. The Morgan fingerprint density at radius 1 is 1.03 bits per heavy atom. The second-order valence-electron chi connectivity index (χ2n) is 9.10. The van der Waals surface area contributed by atoms with Crippen LogP contribution in [0.2, 0.25) is 0 Å². The number of carbonyl (C=O) groups is 2. The summed E-state index contributed by atoms with van der Waals surface area (Å²) in [5, 5.41) is 8.59. The SMILES string of the molecule is COC(=O)CCCCCC1C(C=CC(=O)CCCCCC#N)CCC1OC1CCCCO1. The molecule has 32 heavy (non-hydrogen) atoms. The van der Waals surface area contributed by atoms with Crippen LogP contribution in [-0.4, -0.2) is 37.9 Å². The van der Waals surface area contributed by atoms with E-state index >= 15 is 0 Å². The minimum absolute atomic E-state index is 0.0895. The lowest BCUT2D eigenvalue weighted by atomic mass is 9.88. The van der Waals surface area contributed by atoms with Crippen LogP contribution in [0, 0.1) is 23.2 Å². The zero-order valence-electron chi connectivity index (χ0n) is 19.8. The molecule has 0 amide bonds. The number of nitrogens with zero attached hydrogens (tertiary/aromatic N) is 1. The second kappa shape index (κ2) is 16.0. The van der Waals surface area contributed by atoms with Gasteiger partial charge < -0.3 is 14.2 Å². The Balaban J connectivity index is 1.83. The average Bonchev–Trinajstić information content (AvgIpc) is 3.19. The number of methoxy groups -OCH3 is 1. The van der Waals surface area contributed by atoms with Gasteiger partial charge in [0.25, 0.3) is 0 Å². The van der Waals surface area contributed by atoms with Gasteiger partial charge >= 0.3 is 5.97 Å². The number of hydrogen-bond acceptors (Lipinski definition) is 6. The average molecular weight is 448 g/mol. The van der Waals surface area contributed by atoms with Gasteiger partial charge in [0.05, 0.1) is 19.3 Å². The van der Waals surface area contributed by atoms with Crippen molar-refractivity contribution < 1.29 is 23.8 Å². The van der Waals surface area contributed by atoms with Crippen LogP contribution in [0.15, 0.2) is 12.2 Å². The summed E-state index contributed by atoms with van der Waals surface area (Å²) in [5.74, 6) is 0.775. The number of ketones is 1. The molecular weight excluding hydrogens is 406 g/mol. The van der Waals surface area contributed by atoms with E-state index in [0.29, 0.717) is 31.1 Å². The lowest BCUT2D eigenvalue weighted by Crippen LogP contribution is -2.31. The molecule has 1 saturated heterocycles. The number of rotatable bonds is 15. The molecule has 6 nitrogen and oxygen atoms in total. The molecule has 1 saturated carbocycles. The highest BCUT2D eigenvalue weighted by atomic mass is 16.7. The van der Waals surface area contributed by atoms with Crippen molar-refractivity contribution in [1.82, 2.24) is 0 Å². The van der Waals surface area contributed by atoms with E-state index in [-0.39, 0.29) is 24.1 Å². The summed E-state index contributed by atoms with van der Waals surface area (Å²) < 4.78 is 16.9. The summed E-state index contributed by atoms with van der Waals surface area (Å²) in [4.78, 5) is 23.6. The number of unbranched alkanes of at least 4 members (excludes halogenated alkanes) is 5. The first-order valence-electron chi connectivity index (χ1n) is 12.6. The maximum Gasteiger partial charge on any atom is 0.305 e. The zero-order chi connectivity index (χ0) is 23.0. The molecule has 0 aromatic rings. The highest BCUT2D eigenvalue weighted by Gasteiger charge is 2.36. The van der Waals surface area contributed by atoms with E-state index in [1.165, 1.54) is 7.11 Å². The van der Waals surface area contributed by atoms with Gasteiger partial charge in [0, 0.05) is 25.9 Å². The molecule has 0 radical (unpaired) electrons. The molecule has 4 atom stereocenters. The van der Waals surface area contributed by atoms with Crippen LogP contribution in [0.3, 0.4) is 0 Å². The molecular formula is C26H41NO5. The van der Waals surface area contributed by atoms with E-state index in [1.807, 2.05) is 0 Å². The van der Waals surface area contributed by atoms with Gasteiger partial charge in [-0.15, -0.1) is 0 Å². The van der Waals surface area contributed by atoms with Crippen LogP contribution in [0.4, 0.5) is 0 Å². The van der Waals surface area contributed by atoms with Crippen molar-refractivity contribution in [3.8, 4) is 6.07 Å². The fourth-order valence-corrected chi connectivity index (χ4v) is 4.80. The van der Waals surface area contributed by atoms with Crippen LogP contribution in [0.5, 0.6) is 0 Å². The lowest BCUT2D eigenvalue weighted by molar-refractivity contribution is -0.195. The smallest absolute Gasteiger partial charge is 0.305 e. The number of allylic oxidation sites excluding steroid dienone is 2. The number of carbonyl (C=O) groups excluding carboxylic acids is 2. The molecule has 1 aliphatic heterocycles. The summed E-state index contributed by atoms with van der Waals surface area (Å²) in [6.45, 7) is 0.780. The van der Waals surface area contributed by atoms with Crippen LogP contribution < -0.4 is 0 Å². The molecule has 0 aromatic heterocycles. The van der Waals surface area contributed by atoms with Crippen molar-refractivity contribution in [1.29, 1.82) is 5.26 Å². The summed E-state index contributed by atoms with van der Waals surface area (Å²) in [7, 11) is 1.43.